The van der Waals surface area contributed by atoms with E-state index in [0.717, 1.165) is 42.2 Å². The summed E-state index contributed by atoms with van der Waals surface area (Å²) in [6.45, 7) is 14.7. The van der Waals surface area contributed by atoms with Gasteiger partial charge in [0.15, 0.2) is 5.96 Å². The number of guanidine groups is 1. The van der Waals surface area contributed by atoms with E-state index in [1.54, 1.807) is 11.3 Å². The van der Waals surface area contributed by atoms with Gasteiger partial charge in [0.05, 0.1) is 17.2 Å². The number of aromatic nitrogens is 1. The molecular formula is C17H31N5S. The molecule has 5 nitrogen and oxygen atoms in total. The summed E-state index contributed by atoms with van der Waals surface area (Å²) >= 11 is 1.74. The van der Waals surface area contributed by atoms with Crippen molar-refractivity contribution in [2.75, 3.05) is 32.7 Å². The molecule has 0 aromatic carbocycles. The highest BCUT2D eigenvalue weighted by Crippen LogP contribution is 2.18. The van der Waals surface area contributed by atoms with Gasteiger partial charge in [0.2, 0.25) is 0 Å². The molecular weight excluding hydrogens is 306 g/mol. The van der Waals surface area contributed by atoms with Crippen LogP contribution >= 0.6 is 11.3 Å². The van der Waals surface area contributed by atoms with E-state index in [1.807, 2.05) is 0 Å². The predicted molar refractivity (Wildman–Crippen MR) is 99.2 cm³/mol. The average molecular weight is 338 g/mol. The van der Waals surface area contributed by atoms with E-state index in [9.17, 15) is 0 Å². The van der Waals surface area contributed by atoms with Crippen LogP contribution in [-0.4, -0.2) is 48.6 Å². The molecule has 0 aliphatic carbocycles. The molecule has 1 saturated heterocycles. The number of hydrogen-bond acceptors (Lipinski definition) is 4. The van der Waals surface area contributed by atoms with E-state index in [2.05, 4.69) is 48.2 Å². The quantitative estimate of drug-likeness (QED) is 0.619. The van der Waals surface area contributed by atoms with Gasteiger partial charge in [0.1, 0.15) is 0 Å². The van der Waals surface area contributed by atoms with Crippen LogP contribution in [0.4, 0.5) is 0 Å². The highest BCUT2D eigenvalue weighted by molar-refractivity contribution is 7.11. The molecule has 0 bridgehead atoms. The normalized spacial score (nSPS) is 19.8. The Hall–Kier alpha value is -1.14. The maximum atomic E-state index is 4.73. The summed E-state index contributed by atoms with van der Waals surface area (Å²) in [6.07, 6.45) is 2.63. The highest BCUT2D eigenvalue weighted by Gasteiger charge is 2.18. The maximum Gasteiger partial charge on any atom is 0.191 e. The molecule has 2 rings (SSSR count). The largest absolute Gasteiger partial charge is 0.357 e. The first-order chi connectivity index (χ1) is 11.1. The second-order valence-electron chi connectivity index (χ2n) is 6.22. The minimum atomic E-state index is 0.707. The van der Waals surface area contributed by atoms with Crippen LogP contribution in [0.5, 0.6) is 0 Å². The molecule has 2 N–H and O–H groups in total. The fraction of sp³-hybridized carbons (Fsp3) is 0.765. The first-order valence-corrected chi connectivity index (χ1v) is 9.61. The average Bonchev–Trinajstić information content (AvgIpc) is 2.88. The third-order valence-corrected chi connectivity index (χ3v) is 5.39. The Kier molecular flexibility index (Phi) is 7.30. The highest BCUT2D eigenvalue weighted by atomic mass is 32.1. The molecule has 0 amide bonds. The van der Waals surface area contributed by atoms with Crippen molar-refractivity contribution in [1.82, 2.24) is 20.5 Å². The zero-order valence-electron chi connectivity index (χ0n) is 15.0. The lowest BCUT2D eigenvalue weighted by atomic mass is 9.98. The van der Waals surface area contributed by atoms with E-state index >= 15 is 0 Å². The summed E-state index contributed by atoms with van der Waals surface area (Å²) in [5, 5.41) is 8.00. The molecule has 1 fully saturated rings. The molecule has 23 heavy (non-hydrogen) atoms. The van der Waals surface area contributed by atoms with Crippen molar-refractivity contribution in [3.8, 4) is 0 Å². The number of nitrogens with zero attached hydrogens (tertiary/aromatic N) is 3. The van der Waals surface area contributed by atoms with Crippen LogP contribution in [0.2, 0.25) is 0 Å². The molecule has 1 unspecified atom stereocenters. The predicted octanol–water partition coefficient (Wildman–Crippen LogP) is 2.55. The van der Waals surface area contributed by atoms with Gasteiger partial charge in [-0.15, -0.1) is 11.3 Å². The van der Waals surface area contributed by atoms with E-state index < -0.39 is 0 Å². The van der Waals surface area contributed by atoms with Crippen LogP contribution in [0.1, 0.15) is 42.3 Å². The molecule has 1 aromatic heterocycles. The van der Waals surface area contributed by atoms with Gasteiger partial charge in [-0.05, 0) is 52.6 Å². The molecule has 1 aromatic rings. The second kappa shape index (κ2) is 9.23. The number of thiazole rings is 1. The molecule has 1 atom stereocenters. The Balaban J connectivity index is 1.87. The SMILES string of the molecule is CCNC(=NCc1sc(C)nc1C)NCC1CCCN(CC)C1. The molecule has 0 spiro atoms. The van der Waals surface area contributed by atoms with Gasteiger partial charge in [0.25, 0.3) is 0 Å². The fourth-order valence-corrected chi connectivity index (χ4v) is 3.92. The van der Waals surface area contributed by atoms with Crippen molar-refractivity contribution >= 4 is 17.3 Å². The zero-order valence-corrected chi connectivity index (χ0v) is 15.8. The minimum Gasteiger partial charge on any atom is -0.357 e. The molecule has 2 heterocycles. The first-order valence-electron chi connectivity index (χ1n) is 8.79. The van der Waals surface area contributed by atoms with Crippen molar-refractivity contribution in [2.45, 2.75) is 47.1 Å². The number of rotatable bonds is 6. The van der Waals surface area contributed by atoms with Gasteiger partial charge in [-0.1, -0.05) is 6.92 Å². The Bertz CT molecular complexity index is 511. The summed E-state index contributed by atoms with van der Waals surface area (Å²) in [7, 11) is 0. The number of nitrogens with one attached hydrogen (secondary N) is 2. The van der Waals surface area contributed by atoms with E-state index in [0.29, 0.717) is 6.54 Å². The van der Waals surface area contributed by atoms with Gasteiger partial charge in [-0.25, -0.2) is 9.98 Å². The van der Waals surface area contributed by atoms with Gasteiger partial charge >= 0.3 is 0 Å². The minimum absolute atomic E-state index is 0.707. The molecule has 6 heteroatoms. The lowest BCUT2D eigenvalue weighted by Crippen LogP contribution is -2.44. The summed E-state index contributed by atoms with van der Waals surface area (Å²) in [4.78, 5) is 13.0. The standard InChI is InChI=1S/C17H31N5S/c1-5-18-17(20-11-16-13(3)21-14(4)23-16)19-10-15-8-7-9-22(6-2)12-15/h15H,5-12H2,1-4H3,(H2,18,19,20). The van der Waals surface area contributed by atoms with Crippen molar-refractivity contribution in [1.29, 1.82) is 0 Å². The Morgan fingerprint density at radius 2 is 2.17 bits per heavy atom. The van der Waals surface area contributed by atoms with Gasteiger partial charge in [0, 0.05) is 24.5 Å². The monoisotopic (exact) mass is 337 g/mol. The Morgan fingerprint density at radius 3 is 2.83 bits per heavy atom. The molecule has 0 saturated carbocycles. The van der Waals surface area contributed by atoms with Crippen LogP contribution in [-0.2, 0) is 6.54 Å². The Morgan fingerprint density at radius 1 is 1.35 bits per heavy atom. The molecule has 130 valence electrons. The molecule has 1 aliphatic heterocycles. The zero-order chi connectivity index (χ0) is 16.7. The molecule has 1 aliphatic rings. The van der Waals surface area contributed by atoms with Gasteiger partial charge in [-0.2, -0.15) is 0 Å². The number of aliphatic imine (C=N–C) groups is 1. The number of hydrogen-bond donors (Lipinski definition) is 2. The summed E-state index contributed by atoms with van der Waals surface area (Å²) in [5.74, 6) is 1.64. The van der Waals surface area contributed by atoms with Crippen LogP contribution in [0, 0.1) is 19.8 Å². The second-order valence-corrected chi connectivity index (χ2v) is 7.51. The number of piperidine rings is 1. The van der Waals surface area contributed by atoms with Gasteiger partial charge < -0.3 is 15.5 Å². The van der Waals surface area contributed by atoms with Crippen LogP contribution in [0.3, 0.4) is 0 Å². The van der Waals surface area contributed by atoms with E-state index in [4.69, 9.17) is 4.99 Å². The summed E-state index contributed by atoms with van der Waals surface area (Å²) < 4.78 is 0. The lowest BCUT2D eigenvalue weighted by molar-refractivity contribution is 0.183. The van der Waals surface area contributed by atoms with Crippen LogP contribution in [0.25, 0.3) is 0 Å². The van der Waals surface area contributed by atoms with Crippen LogP contribution < -0.4 is 10.6 Å². The van der Waals surface area contributed by atoms with Crippen molar-refractivity contribution in [3.05, 3.63) is 15.6 Å². The third kappa shape index (κ3) is 5.77. The van der Waals surface area contributed by atoms with Crippen molar-refractivity contribution in [2.24, 2.45) is 10.9 Å². The smallest absolute Gasteiger partial charge is 0.191 e. The van der Waals surface area contributed by atoms with E-state index in [1.165, 1.54) is 30.8 Å². The van der Waals surface area contributed by atoms with Crippen molar-refractivity contribution in [3.63, 3.8) is 0 Å². The summed E-state index contributed by atoms with van der Waals surface area (Å²) in [5.41, 5.74) is 1.11. The molecule has 0 radical (unpaired) electrons. The van der Waals surface area contributed by atoms with Crippen molar-refractivity contribution < 1.29 is 0 Å². The van der Waals surface area contributed by atoms with E-state index in [-0.39, 0.29) is 0 Å². The lowest BCUT2D eigenvalue weighted by Gasteiger charge is -2.32. The number of aryl methyl sites for hydroxylation is 2. The third-order valence-electron chi connectivity index (χ3n) is 4.33. The van der Waals surface area contributed by atoms with Crippen LogP contribution in [0.15, 0.2) is 4.99 Å². The Labute approximate surface area is 144 Å². The fourth-order valence-electron chi connectivity index (χ4n) is 3.06. The maximum absolute atomic E-state index is 4.73. The number of likely N-dealkylation sites (tertiary alicyclic amines) is 1. The first kappa shape index (κ1) is 18.2. The van der Waals surface area contributed by atoms with Gasteiger partial charge in [-0.3, -0.25) is 0 Å². The summed E-state index contributed by atoms with van der Waals surface area (Å²) in [6, 6.07) is 0. The topological polar surface area (TPSA) is 52.6 Å².